The van der Waals surface area contributed by atoms with Crippen LogP contribution in [0.4, 0.5) is 0 Å². The summed E-state index contributed by atoms with van der Waals surface area (Å²) in [6.07, 6.45) is 11.5. The molecule has 7 aliphatic rings. The summed E-state index contributed by atoms with van der Waals surface area (Å²) in [5.74, 6) is -0.691. The third-order valence-electron chi connectivity index (χ3n) is 11.2. The molecule has 1 aromatic carbocycles. The Balaban J connectivity index is 1.43. The van der Waals surface area contributed by atoms with E-state index in [0.717, 1.165) is 6.42 Å². The number of fused-ring (bicyclic) bond motifs is 2. The van der Waals surface area contributed by atoms with Crippen molar-refractivity contribution in [1.29, 1.82) is 0 Å². The standard InChI is InChI=1S/C38H44O9/c1-20(2)10-9-13-36(8)14-12-23-29(40)28-30(41)25-16-22-17-26-34(4,5)47-37(33(22)42,15-11-21(3)43-19-39)38(25,26)46-32(28)24(31(23)45-36)18-27-35(6,7)44-27/h10-12,14,16,19,22,26-27,40H,9,13,15,17-18H2,1-8H3/b21-11-/t22?,26?,27?,36-,37+,38+/m0/s1. The summed E-state index contributed by atoms with van der Waals surface area (Å²) in [6, 6.07) is 0. The Hall–Kier alpha value is -3.69. The highest BCUT2D eigenvalue weighted by Gasteiger charge is 2.81. The summed E-state index contributed by atoms with van der Waals surface area (Å²) in [7, 11) is 0. The lowest BCUT2D eigenvalue weighted by atomic mass is 9.51. The molecular weight excluding hydrogens is 600 g/mol. The Kier molecular flexibility index (Phi) is 6.89. The van der Waals surface area contributed by atoms with Gasteiger partial charge in [-0.2, -0.15) is 0 Å². The van der Waals surface area contributed by atoms with Gasteiger partial charge in [-0.25, -0.2) is 0 Å². The molecule has 3 aliphatic carbocycles. The molecule has 1 spiro atoms. The monoisotopic (exact) mass is 644 g/mol. The van der Waals surface area contributed by atoms with E-state index in [0.29, 0.717) is 53.9 Å². The van der Waals surface area contributed by atoms with Crippen molar-refractivity contribution in [2.75, 3.05) is 0 Å². The van der Waals surface area contributed by atoms with Crippen LogP contribution in [0, 0.1) is 11.8 Å². The second-order valence-corrected chi connectivity index (χ2v) is 15.5. The Labute approximate surface area is 275 Å². The number of ketones is 2. The highest BCUT2D eigenvalue weighted by atomic mass is 16.6. The predicted octanol–water partition coefficient (Wildman–Crippen LogP) is 6.50. The van der Waals surface area contributed by atoms with Crippen molar-refractivity contribution in [2.45, 2.75) is 122 Å². The zero-order valence-electron chi connectivity index (χ0n) is 28.4. The number of allylic oxidation sites excluding steroid dienone is 4. The average Bonchev–Trinajstić information content (AvgIpc) is 3.55. The fraction of sp³-hybridized carbons (Fsp3) is 0.553. The second-order valence-electron chi connectivity index (χ2n) is 15.5. The minimum absolute atomic E-state index is 0.0363. The van der Waals surface area contributed by atoms with Gasteiger partial charge in [-0.3, -0.25) is 14.4 Å². The van der Waals surface area contributed by atoms with Crippen LogP contribution in [0.1, 0.15) is 103 Å². The molecule has 0 amide bonds. The SMILES string of the molecule is CC(C)=CCC[C@@]1(C)C=Cc2c(O)c3c(c(CC4OC4(C)C)c2O1)O[C@]12C(=CC4CC1C(C)(C)O[C@]2(C/C=C(/C)OC=O)C4=O)C3=O. The van der Waals surface area contributed by atoms with Crippen LogP contribution in [-0.4, -0.2) is 57.3 Å². The first kappa shape index (κ1) is 31.9. The van der Waals surface area contributed by atoms with Crippen LogP contribution in [0.2, 0.25) is 0 Å². The van der Waals surface area contributed by atoms with E-state index in [2.05, 4.69) is 19.9 Å². The molecule has 4 aliphatic heterocycles. The van der Waals surface area contributed by atoms with E-state index < -0.39 is 28.3 Å². The quantitative estimate of drug-likeness (QED) is 0.139. The molecule has 47 heavy (non-hydrogen) atoms. The number of rotatable bonds is 9. The van der Waals surface area contributed by atoms with E-state index in [1.165, 1.54) is 5.57 Å². The Morgan fingerprint density at radius 1 is 1.04 bits per heavy atom. The van der Waals surface area contributed by atoms with Crippen molar-refractivity contribution in [3.63, 3.8) is 0 Å². The molecular formula is C38H44O9. The fourth-order valence-electron chi connectivity index (χ4n) is 8.70. The molecule has 1 aromatic rings. The van der Waals surface area contributed by atoms with E-state index >= 15 is 0 Å². The van der Waals surface area contributed by atoms with Gasteiger partial charge in [0.15, 0.2) is 22.8 Å². The topological polar surface area (TPSA) is 121 Å². The number of epoxide rings is 1. The maximum atomic E-state index is 14.8. The summed E-state index contributed by atoms with van der Waals surface area (Å²) in [6.45, 7) is 16.0. The first-order valence-electron chi connectivity index (χ1n) is 16.6. The number of Topliss-reactive ketones (excluding diaryl/α,β-unsaturated/α-hetero) is 2. The average molecular weight is 645 g/mol. The van der Waals surface area contributed by atoms with E-state index in [1.54, 1.807) is 19.1 Å². The zero-order valence-corrected chi connectivity index (χ0v) is 28.4. The highest BCUT2D eigenvalue weighted by Crippen LogP contribution is 2.69. The lowest BCUT2D eigenvalue weighted by Crippen LogP contribution is -2.72. The Morgan fingerprint density at radius 2 is 1.77 bits per heavy atom. The minimum Gasteiger partial charge on any atom is -0.506 e. The van der Waals surface area contributed by atoms with E-state index in [1.807, 2.05) is 46.8 Å². The third-order valence-corrected chi connectivity index (χ3v) is 11.2. The number of carbonyl (C=O) groups excluding carboxylic acids is 3. The number of hydrogen-bond acceptors (Lipinski definition) is 9. The number of hydrogen-bond donors (Lipinski definition) is 1. The number of carbonyl (C=O) groups is 3. The molecule has 3 fully saturated rings. The van der Waals surface area contributed by atoms with Crippen molar-refractivity contribution in [3.8, 4) is 17.2 Å². The van der Waals surface area contributed by atoms with Crippen LogP contribution in [0.25, 0.3) is 6.08 Å². The zero-order chi connectivity index (χ0) is 33.9. The molecule has 0 aromatic heterocycles. The van der Waals surface area contributed by atoms with Gasteiger partial charge >= 0.3 is 0 Å². The molecule has 4 heterocycles. The van der Waals surface area contributed by atoms with Gasteiger partial charge in [0.25, 0.3) is 6.47 Å². The van der Waals surface area contributed by atoms with Crippen LogP contribution in [-0.2, 0) is 30.2 Å². The lowest BCUT2D eigenvalue weighted by Gasteiger charge is -2.56. The maximum absolute atomic E-state index is 14.8. The molecule has 2 saturated heterocycles. The molecule has 1 N–H and O–H groups in total. The van der Waals surface area contributed by atoms with Crippen molar-refractivity contribution >= 4 is 24.1 Å². The van der Waals surface area contributed by atoms with Gasteiger partial charge in [-0.15, -0.1) is 0 Å². The number of phenols is 1. The molecule has 1 saturated carbocycles. The third kappa shape index (κ3) is 4.45. The van der Waals surface area contributed by atoms with Gasteiger partial charge in [-0.1, -0.05) is 17.7 Å². The maximum Gasteiger partial charge on any atom is 0.298 e. The molecule has 4 bridgehead atoms. The molecule has 8 rings (SSSR count). The highest BCUT2D eigenvalue weighted by molar-refractivity contribution is 6.19. The molecule has 0 radical (unpaired) electrons. The van der Waals surface area contributed by atoms with Crippen LogP contribution >= 0.6 is 0 Å². The van der Waals surface area contributed by atoms with Crippen LogP contribution in [0.15, 0.2) is 41.2 Å². The van der Waals surface area contributed by atoms with Gasteiger partial charge in [0, 0.05) is 35.8 Å². The molecule has 250 valence electrons. The summed E-state index contributed by atoms with van der Waals surface area (Å²) in [5, 5.41) is 11.8. The van der Waals surface area contributed by atoms with E-state index in [4.69, 9.17) is 23.7 Å². The molecule has 3 unspecified atom stereocenters. The molecule has 9 heteroatoms. The van der Waals surface area contributed by atoms with Gasteiger partial charge in [0.1, 0.15) is 34.2 Å². The molecule has 6 atom stereocenters. The van der Waals surface area contributed by atoms with Gasteiger partial charge < -0.3 is 28.8 Å². The van der Waals surface area contributed by atoms with E-state index in [-0.39, 0.29) is 52.7 Å². The van der Waals surface area contributed by atoms with Crippen molar-refractivity contribution in [3.05, 3.63) is 57.9 Å². The molecule has 9 nitrogen and oxygen atoms in total. The summed E-state index contributed by atoms with van der Waals surface area (Å²) >= 11 is 0. The minimum atomic E-state index is -1.56. The van der Waals surface area contributed by atoms with Crippen LogP contribution in [0.5, 0.6) is 17.2 Å². The van der Waals surface area contributed by atoms with Crippen molar-refractivity contribution < 1.29 is 43.2 Å². The number of aromatic hydroxyl groups is 1. The second kappa shape index (κ2) is 10.2. The van der Waals surface area contributed by atoms with Gasteiger partial charge in [0.05, 0.1) is 22.9 Å². The smallest absolute Gasteiger partial charge is 0.298 e. The van der Waals surface area contributed by atoms with Crippen molar-refractivity contribution in [2.24, 2.45) is 11.8 Å². The fourth-order valence-corrected chi connectivity index (χ4v) is 8.70. The predicted molar refractivity (Wildman–Crippen MR) is 173 cm³/mol. The van der Waals surface area contributed by atoms with Gasteiger partial charge in [0.2, 0.25) is 0 Å². The largest absolute Gasteiger partial charge is 0.506 e. The summed E-state index contributed by atoms with van der Waals surface area (Å²) < 4.78 is 31.9. The normalized spacial score (nSPS) is 34.8. The number of phenolic OH excluding ortho intramolecular Hbond substituents is 1. The van der Waals surface area contributed by atoms with Crippen LogP contribution < -0.4 is 9.47 Å². The Morgan fingerprint density at radius 3 is 2.43 bits per heavy atom. The first-order chi connectivity index (χ1) is 22.0. The van der Waals surface area contributed by atoms with Crippen LogP contribution in [0.3, 0.4) is 0 Å². The lowest BCUT2D eigenvalue weighted by molar-refractivity contribution is -0.171. The first-order valence-corrected chi connectivity index (χ1v) is 16.6. The summed E-state index contributed by atoms with van der Waals surface area (Å²) in [5.41, 5.74) is -2.26. The number of benzene rings is 1. The Bertz CT molecular complexity index is 1740. The summed E-state index contributed by atoms with van der Waals surface area (Å²) in [4.78, 5) is 40.3. The number of ether oxygens (including phenoxy) is 5. The van der Waals surface area contributed by atoms with Gasteiger partial charge in [-0.05, 0) is 92.9 Å². The van der Waals surface area contributed by atoms with E-state index in [9.17, 15) is 19.5 Å². The van der Waals surface area contributed by atoms with Crippen molar-refractivity contribution in [1.82, 2.24) is 0 Å².